The lowest BCUT2D eigenvalue weighted by molar-refractivity contribution is -0.165. The number of hydrogen-bond acceptors (Lipinski definition) is 5. The monoisotopic (exact) mass is 196 g/mol. The van der Waals surface area contributed by atoms with Gasteiger partial charge in [-0.25, -0.2) is 0 Å². The van der Waals surface area contributed by atoms with Crippen LogP contribution < -0.4 is 5.32 Å². The van der Waals surface area contributed by atoms with Crippen molar-refractivity contribution in [3.05, 3.63) is 40.8 Å². The quantitative estimate of drug-likeness (QED) is 0.424. The largest absolute Gasteiger partial charge is 0.324 e. The van der Waals surface area contributed by atoms with Gasteiger partial charge in [0.15, 0.2) is 5.34 Å². The highest BCUT2D eigenvalue weighted by molar-refractivity contribution is 5.13. The van der Waals surface area contributed by atoms with Crippen molar-refractivity contribution in [3.8, 4) is 0 Å². The van der Waals surface area contributed by atoms with Crippen molar-refractivity contribution in [1.82, 2.24) is 5.32 Å². The fourth-order valence-electron chi connectivity index (χ4n) is 0.952. The van der Waals surface area contributed by atoms with Crippen LogP contribution in [0.25, 0.3) is 0 Å². The first kappa shape index (κ1) is 10.6. The van der Waals surface area contributed by atoms with Crippen LogP contribution in [-0.2, 0) is 16.2 Å². The summed E-state index contributed by atoms with van der Waals surface area (Å²) in [5.41, 5.74) is 1.00. The summed E-state index contributed by atoms with van der Waals surface area (Å²) >= 11 is 0. The number of ether oxygens (including phenoxy) is 1. The summed E-state index contributed by atoms with van der Waals surface area (Å²) < 4.78 is 5.19. The molecule has 0 aliphatic carbocycles. The van der Waals surface area contributed by atoms with E-state index in [1.165, 1.54) is 0 Å². The van der Waals surface area contributed by atoms with Crippen LogP contribution in [0.4, 0.5) is 0 Å². The zero-order chi connectivity index (χ0) is 10.2. The molecule has 0 aliphatic heterocycles. The second-order valence-corrected chi connectivity index (χ2v) is 2.60. The van der Waals surface area contributed by atoms with Gasteiger partial charge in [0.1, 0.15) is 0 Å². The van der Waals surface area contributed by atoms with E-state index in [2.05, 4.69) is 15.5 Å². The molecule has 76 valence electrons. The minimum absolute atomic E-state index is 0.363. The van der Waals surface area contributed by atoms with Gasteiger partial charge in [-0.15, -0.1) is 4.91 Å². The van der Waals surface area contributed by atoms with Crippen molar-refractivity contribution < 1.29 is 9.57 Å². The fraction of sp³-hybridized carbons (Fsp3) is 0.333. The molecule has 1 rings (SSSR count). The highest BCUT2D eigenvalue weighted by Crippen LogP contribution is 2.02. The van der Waals surface area contributed by atoms with E-state index in [-0.39, 0.29) is 0 Å². The first-order chi connectivity index (χ1) is 6.86. The van der Waals surface area contributed by atoms with Gasteiger partial charge in [0.05, 0.1) is 6.61 Å². The number of hydrogen-bond donors (Lipinski definition) is 1. The number of rotatable bonds is 6. The van der Waals surface area contributed by atoms with E-state index in [4.69, 9.17) is 4.74 Å². The summed E-state index contributed by atoms with van der Waals surface area (Å²) in [6, 6.07) is 9.57. The van der Waals surface area contributed by atoms with Crippen LogP contribution in [0.3, 0.4) is 0 Å². The molecule has 0 radical (unpaired) electrons. The van der Waals surface area contributed by atoms with Gasteiger partial charge in [-0.3, -0.25) is 5.32 Å². The van der Waals surface area contributed by atoms with Crippen LogP contribution in [-0.4, -0.2) is 13.5 Å². The molecule has 0 spiro atoms. The lowest BCUT2D eigenvalue weighted by Gasteiger charge is -2.12. The van der Waals surface area contributed by atoms with Crippen molar-refractivity contribution >= 4 is 0 Å². The second kappa shape index (κ2) is 6.06. The number of benzene rings is 1. The van der Waals surface area contributed by atoms with Gasteiger partial charge in [0.25, 0.3) is 6.41 Å². The van der Waals surface area contributed by atoms with E-state index in [1.54, 1.807) is 7.05 Å². The predicted molar refractivity (Wildman–Crippen MR) is 51.0 cm³/mol. The number of nitrogens with zero attached hydrogens (tertiary/aromatic N) is 1. The third kappa shape index (κ3) is 3.51. The average Bonchev–Trinajstić information content (AvgIpc) is 2.25. The van der Waals surface area contributed by atoms with Gasteiger partial charge in [0, 0.05) is 0 Å². The molecule has 1 atom stereocenters. The van der Waals surface area contributed by atoms with Gasteiger partial charge in [-0.05, 0) is 12.6 Å². The van der Waals surface area contributed by atoms with Gasteiger partial charge >= 0.3 is 0 Å². The summed E-state index contributed by atoms with van der Waals surface area (Å²) in [4.78, 5) is 14.1. The van der Waals surface area contributed by atoms with Crippen molar-refractivity contribution in [2.24, 2.45) is 5.34 Å². The van der Waals surface area contributed by atoms with Gasteiger partial charge in [0.2, 0.25) is 0 Å². The molecule has 1 aromatic rings. The van der Waals surface area contributed by atoms with E-state index >= 15 is 0 Å². The molecule has 14 heavy (non-hydrogen) atoms. The summed E-state index contributed by atoms with van der Waals surface area (Å²) in [6.45, 7) is 0.363. The molecule has 0 aromatic heterocycles. The molecule has 0 saturated carbocycles. The summed E-state index contributed by atoms with van der Waals surface area (Å²) in [5, 5.41) is 4.92. The molecule has 0 saturated heterocycles. The topological polar surface area (TPSA) is 59.9 Å². The van der Waals surface area contributed by atoms with Gasteiger partial charge in [-0.2, -0.15) is 0 Å². The minimum atomic E-state index is -0.798. The Morgan fingerprint density at radius 3 is 2.71 bits per heavy atom. The second-order valence-electron chi connectivity index (χ2n) is 2.60. The third-order valence-electron chi connectivity index (χ3n) is 1.62. The minimum Gasteiger partial charge on any atom is -0.324 e. The van der Waals surface area contributed by atoms with Crippen molar-refractivity contribution in [2.75, 3.05) is 7.05 Å². The Bertz CT molecular complexity index is 266. The first-order valence-electron chi connectivity index (χ1n) is 4.18. The number of nitrogens with one attached hydrogen (secondary N) is 1. The SMILES string of the molecule is CNC(OCc1ccccc1)ON=O. The van der Waals surface area contributed by atoms with Crippen LogP contribution in [0.15, 0.2) is 35.7 Å². The summed E-state index contributed by atoms with van der Waals surface area (Å²) in [5.74, 6) is 0. The Morgan fingerprint density at radius 2 is 2.14 bits per heavy atom. The van der Waals surface area contributed by atoms with Crippen molar-refractivity contribution in [1.29, 1.82) is 0 Å². The lowest BCUT2D eigenvalue weighted by atomic mass is 10.2. The van der Waals surface area contributed by atoms with E-state index < -0.39 is 6.41 Å². The van der Waals surface area contributed by atoms with Crippen molar-refractivity contribution in [3.63, 3.8) is 0 Å². The summed E-state index contributed by atoms with van der Waals surface area (Å²) in [6.07, 6.45) is -0.798. The zero-order valence-corrected chi connectivity index (χ0v) is 7.84. The van der Waals surface area contributed by atoms with E-state index in [0.29, 0.717) is 6.61 Å². The fourth-order valence-corrected chi connectivity index (χ4v) is 0.952. The molecular weight excluding hydrogens is 184 g/mol. The molecule has 5 nitrogen and oxygen atoms in total. The molecule has 0 fully saturated rings. The highest BCUT2D eigenvalue weighted by Gasteiger charge is 2.06. The normalized spacial score (nSPS) is 12.1. The smallest absolute Gasteiger partial charge is 0.288 e. The molecular formula is C9H12N2O3. The maximum atomic E-state index is 9.79. The highest BCUT2D eigenvalue weighted by atomic mass is 16.8. The Hall–Kier alpha value is -1.46. The Labute approximate surface area is 82.0 Å². The zero-order valence-electron chi connectivity index (χ0n) is 7.84. The standard InChI is InChI=1S/C9H12N2O3/c1-10-9(14-11-12)13-7-8-5-3-2-4-6-8/h2-6,9-10H,7H2,1H3. The van der Waals surface area contributed by atoms with Crippen LogP contribution in [0.2, 0.25) is 0 Å². The predicted octanol–water partition coefficient (Wildman–Crippen LogP) is 1.40. The van der Waals surface area contributed by atoms with E-state index in [9.17, 15) is 4.91 Å². The molecule has 0 heterocycles. The molecule has 0 aliphatic rings. The molecule has 1 aromatic carbocycles. The van der Waals surface area contributed by atoms with Crippen molar-refractivity contribution in [2.45, 2.75) is 13.0 Å². The van der Waals surface area contributed by atoms with E-state index in [1.807, 2.05) is 30.3 Å². The molecule has 1 unspecified atom stereocenters. The summed E-state index contributed by atoms with van der Waals surface area (Å²) in [7, 11) is 1.61. The third-order valence-corrected chi connectivity index (χ3v) is 1.62. The Morgan fingerprint density at radius 1 is 1.43 bits per heavy atom. The molecule has 0 bridgehead atoms. The first-order valence-corrected chi connectivity index (χ1v) is 4.18. The van der Waals surface area contributed by atoms with Crippen LogP contribution >= 0.6 is 0 Å². The van der Waals surface area contributed by atoms with Crippen LogP contribution in [0.1, 0.15) is 5.56 Å². The molecule has 5 heteroatoms. The van der Waals surface area contributed by atoms with Gasteiger partial charge < -0.3 is 9.57 Å². The van der Waals surface area contributed by atoms with Crippen LogP contribution in [0, 0.1) is 4.91 Å². The maximum Gasteiger partial charge on any atom is 0.288 e. The van der Waals surface area contributed by atoms with E-state index in [0.717, 1.165) is 5.56 Å². The van der Waals surface area contributed by atoms with Crippen LogP contribution in [0.5, 0.6) is 0 Å². The molecule has 1 N–H and O–H groups in total. The molecule has 0 amide bonds. The van der Waals surface area contributed by atoms with Gasteiger partial charge in [-0.1, -0.05) is 30.3 Å². The lowest BCUT2D eigenvalue weighted by Crippen LogP contribution is -2.29. The Kier molecular flexibility index (Phi) is 4.60. The Balaban J connectivity index is 2.35. The average molecular weight is 196 g/mol. The maximum absolute atomic E-state index is 9.79.